The number of nitrogens with zero attached hydrogens (tertiary/aromatic N) is 4. The molecule has 4 aromatic rings. The van der Waals surface area contributed by atoms with Crippen molar-refractivity contribution in [1.29, 1.82) is 0 Å². The van der Waals surface area contributed by atoms with E-state index in [1.54, 1.807) is 24.7 Å². The molecule has 0 saturated heterocycles. The fourth-order valence-electron chi connectivity index (χ4n) is 2.63. The Morgan fingerprint density at radius 3 is 2.79 bits per heavy atom. The molecule has 1 amide bonds. The van der Waals surface area contributed by atoms with Crippen LogP contribution in [0.4, 0.5) is 5.69 Å². The van der Waals surface area contributed by atoms with Gasteiger partial charge in [0.05, 0.1) is 12.0 Å². The molecule has 1 N–H and O–H groups in total. The molecule has 0 radical (unpaired) electrons. The van der Waals surface area contributed by atoms with Gasteiger partial charge in [-0.25, -0.2) is 0 Å². The van der Waals surface area contributed by atoms with Crippen LogP contribution < -0.4 is 5.32 Å². The molecule has 0 saturated carbocycles. The first-order valence-electron chi connectivity index (χ1n) is 8.42. The zero-order valence-electron chi connectivity index (χ0n) is 14.5. The van der Waals surface area contributed by atoms with Crippen molar-refractivity contribution >= 4 is 27.5 Å². The predicted molar refractivity (Wildman–Crippen MR) is 107 cm³/mol. The molecule has 4 rings (SSSR count). The number of rotatable bonds is 5. The summed E-state index contributed by atoms with van der Waals surface area (Å²) in [5, 5.41) is 6.92. The lowest BCUT2D eigenvalue weighted by Gasteiger charge is -2.09. The summed E-state index contributed by atoms with van der Waals surface area (Å²) < 4.78 is 6.10. The fraction of sp³-hybridized carbons (Fsp3) is 0.0500. The molecule has 138 valence electrons. The first kappa shape index (κ1) is 18.0. The maximum Gasteiger partial charge on any atom is 0.257 e. The van der Waals surface area contributed by atoms with Crippen LogP contribution in [0, 0.1) is 0 Å². The maximum absolute atomic E-state index is 12.5. The quantitative estimate of drug-likeness (QED) is 0.506. The number of carbonyl (C=O) groups excluding carboxylic acids is 1. The number of amides is 1. The Bertz CT molecular complexity index is 1110. The van der Waals surface area contributed by atoms with Crippen LogP contribution in [0.3, 0.4) is 0 Å². The minimum Gasteiger partial charge on any atom is -0.339 e. The Hall–Kier alpha value is -3.39. The Labute approximate surface area is 169 Å². The maximum atomic E-state index is 12.5. The molecule has 0 bridgehead atoms. The molecule has 3 aromatic heterocycles. The minimum atomic E-state index is -0.247. The summed E-state index contributed by atoms with van der Waals surface area (Å²) in [6.07, 6.45) is 6.89. The van der Waals surface area contributed by atoms with E-state index in [1.807, 2.05) is 36.4 Å². The highest BCUT2D eigenvalue weighted by molar-refractivity contribution is 9.10. The molecule has 0 atom stereocenters. The monoisotopic (exact) mass is 435 g/mol. The normalized spacial score (nSPS) is 10.6. The van der Waals surface area contributed by atoms with Crippen LogP contribution in [0.1, 0.15) is 21.8 Å². The Morgan fingerprint density at radius 2 is 1.96 bits per heavy atom. The predicted octanol–water partition coefficient (Wildman–Crippen LogP) is 4.13. The molecule has 1 aromatic carbocycles. The van der Waals surface area contributed by atoms with E-state index in [-0.39, 0.29) is 5.91 Å². The van der Waals surface area contributed by atoms with E-state index >= 15 is 0 Å². The number of pyridine rings is 2. The molecule has 7 nitrogen and oxygen atoms in total. The van der Waals surface area contributed by atoms with E-state index in [9.17, 15) is 4.79 Å². The zero-order chi connectivity index (χ0) is 19.3. The van der Waals surface area contributed by atoms with Crippen molar-refractivity contribution in [1.82, 2.24) is 20.1 Å². The van der Waals surface area contributed by atoms with Crippen LogP contribution in [0.15, 0.2) is 76.2 Å². The van der Waals surface area contributed by atoms with Gasteiger partial charge in [-0.3, -0.25) is 14.8 Å². The molecule has 0 unspecified atom stereocenters. The number of halogens is 1. The third-order valence-electron chi connectivity index (χ3n) is 3.96. The second-order valence-corrected chi connectivity index (χ2v) is 6.85. The molecule has 0 aliphatic carbocycles. The van der Waals surface area contributed by atoms with Gasteiger partial charge in [0.15, 0.2) is 0 Å². The number of para-hydroxylation sites is 1. The van der Waals surface area contributed by atoms with Gasteiger partial charge >= 0.3 is 0 Å². The van der Waals surface area contributed by atoms with Gasteiger partial charge in [0, 0.05) is 40.5 Å². The molecule has 0 aliphatic rings. The highest BCUT2D eigenvalue weighted by Crippen LogP contribution is 2.21. The lowest BCUT2D eigenvalue weighted by Crippen LogP contribution is -2.13. The number of benzene rings is 1. The number of hydrogen-bond acceptors (Lipinski definition) is 6. The van der Waals surface area contributed by atoms with Gasteiger partial charge < -0.3 is 9.84 Å². The number of carbonyl (C=O) groups is 1. The van der Waals surface area contributed by atoms with Crippen LogP contribution in [0.25, 0.3) is 11.4 Å². The van der Waals surface area contributed by atoms with Gasteiger partial charge in [0.25, 0.3) is 5.91 Å². The lowest BCUT2D eigenvalue weighted by molar-refractivity contribution is 0.102. The molecule has 0 fully saturated rings. The smallest absolute Gasteiger partial charge is 0.257 e. The third-order valence-corrected chi connectivity index (χ3v) is 4.40. The Morgan fingerprint density at radius 1 is 1.07 bits per heavy atom. The largest absolute Gasteiger partial charge is 0.339 e. The van der Waals surface area contributed by atoms with E-state index in [1.165, 1.54) is 6.20 Å². The van der Waals surface area contributed by atoms with Gasteiger partial charge in [0.1, 0.15) is 0 Å². The average molecular weight is 436 g/mol. The summed E-state index contributed by atoms with van der Waals surface area (Å²) in [6.45, 7) is 0. The average Bonchev–Trinajstić information content (AvgIpc) is 3.19. The van der Waals surface area contributed by atoms with E-state index in [0.717, 1.165) is 15.6 Å². The van der Waals surface area contributed by atoms with E-state index in [4.69, 9.17) is 4.52 Å². The van der Waals surface area contributed by atoms with Crippen molar-refractivity contribution in [2.24, 2.45) is 0 Å². The van der Waals surface area contributed by atoms with E-state index < -0.39 is 0 Å². The van der Waals surface area contributed by atoms with Crippen LogP contribution >= 0.6 is 15.9 Å². The van der Waals surface area contributed by atoms with Gasteiger partial charge in [-0.1, -0.05) is 23.4 Å². The Balaban J connectivity index is 1.54. The summed E-state index contributed by atoms with van der Waals surface area (Å²) in [5.74, 6) is 0.678. The lowest BCUT2D eigenvalue weighted by atomic mass is 10.1. The topological polar surface area (TPSA) is 93.8 Å². The summed E-state index contributed by atoms with van der Waals surface area (Å²) in [7, 11) is 0. The molecule has 3 heterocycles. The number of nitrogens with one attached hydrogen (secondary N) is 1. The third kappa shape index (κ3) is 4.12. The van der Waals surface area contributed by atoms with Gasteiger partial charge in [0.2, 0.25) is 11.7 Å². The summed E-state index contributed by atoms with van der Waals surface area (Å²) in [5.41, 5.74) is 2.77. The molecule has 28 heavy (non-hydrogen) atoms. The van der Waals surface area contributed by atoms with Crippen LogP contribution in [0.2, 0.25) is 0 Å². The van der Waals surface area contributed by atoms with Crippen molar-refractivity contribution in [3.05, 3.63) is 88.7 Å². The number of hydrogen-bond donors (Lipinski definition) is 1. The van der Waals surface area contributed by atoms with Crippen molar-refractivity contribution in [2.45, 2.75) is 6.42 Å². The molecular weight excluding hydrogens is 422 g/mol. The van der Waals surface area contributed by atoms with Crippen LogP contribution in [0.5, 0.6) is 0 Å². The van der Waals surface area contributed by atoms with Gasteiger partial charge in [-0.2, -0.15) is 4.98 Å². The molecule has 8 heteroatoms. The molecular formula is C20H14BrN5O2. The number of anilines is 1. The first-order valence-corrected chi connectivity index (χ1v) is 9.21. The van der Waals surface area contributed by atoms with E-state index in [0.29, 0.717) is 29.4 Å². The number of aromatic nitrogens is 4. The zero-order valence-corrected chi connectivity index (χ0v) is 16.1. The fourth-order valence-corrected chi connectivity index (χ4v) is 2.99. The second kappa shape index (κ2) is 8.10. The first-order chi connectivity index (χ1) is 13.7. The van der Waals surface area contributed by atoms with E-state index in [2.05, 4.69) is 41.4 Å². The molecule has 0 spiro atoms. The van der Waals surface area contributed by atoms with Crippen LogP contribution in [-0.4, -0.2) is 26.0 Å². The highest BCUT2D eigenvalue weighted by atomic mass is 79.9. The van der Waals surface area contributed by atoms with Crippen molar-refractivity contribution in [3.8, 4) is 11.4 Å². The second-order valence-electron chi connectivity index (χ2n) is 5.93. The Kier molecular flexibility index (Phi) is 5.20. The summed E-state index contributed by atoms with van der Waals surface area (Å²) in [6, 6.07) is 12.9. The highest BCUT2D eigenvalue weighted by Gasteiger charge is 2.14. The van der Waals surface area contributed by atoms with Gasteiger partial charge in [-0.15, -0.1) is 0 Å². The minimum absolute atomic E-state index is 0.247. The van der Waals surface area contributed by atoms with Gasteiger partial charge in [-0.05, 0) is 45.8 Å². The van der Waals surface area contributed by atoms with Crippen molar-refractivity contribution < 1.29 is 9.32 Å². The van der Waals surface area contributed by atoms with Crippen molar-refractivity contribution in [3.63, 3.8) is 0 Å². The SMILES string of the molecule is O=C(Nc1ccccc1Cc1nc(-c2cccnc2)no1)c1cncc(Br)c1. The van der Waals surface area contributed by atoms with Crippen molar-refractivity contribution in [2.75, 3.05) is 5.32 Å². The van der Waals surface area contributed by atoms with Crippen LogP contribution in [-0.2, 0) is 6.42 Å². The summed E-state index contributed by atoms with van der Waals surface area (Å²) in [4.78, 5) is 25.0. The molecule has 0 aliphatic heterocycles. The standard InChI is InChI=1S/C20H14BrN5O2/c21-16-8-15(11-23-12-16)20(27)24-17-6-2-1-4-13(17)9-18-25-19(26-28-18)14-5-3-7-22-10-14/h1-8,10-12H,9H2,(H,24,27). The summed E-state index contributed by atoms with van der Waals surface area (Å²) >= 11 is 3.32.